The van der Waals surface area contributed by atoms with Crippen molar-refractivity contribution >= 4 is 33.0 Å². The molecule has 4 aromatic rings. The standard InChI is InChI=1S/C19H18N4O2S/c1-13-20-22(12-18(24)21(2)11-14-6-4-3-5-7-14)19(25)16-10-17-15(23(13)16)8-9-26-17/h3-10H,11-12H2,1-2H3. The van der Waals surface area contributed by atoms with Crippen molar-refractivity contribution in [2.45, 2.75) is 20.0 Å². The third-order valence-electron chi connectivity index (χ3n) is 4.44. The summed E-state index contributed by atoms with van der Waals surface area (Å²) in [5.41, 5.74) is 2.33. The summed E-state index contributed by atoms with van der Waals surface area (Å²) < 4.78 is 4.15. The summed E-state index contributed by atoms with van der Waals surface area (Å²) in [6.45, 7) is 2.27. The monoisotopic (exact) mass is 366 g/mol. The van der Waals surface area contributed by atoms with Gasteiger partial charge in [-0.15, -0.1) is 11.3 Å². The van der Waals surface area contributed by atoms with Gasteiger partial charge < -0.3 is 4.90 Å². The molecule has 3 heterocycles. The summed E-state index contributed by atoms with van der Waals surface area (Å²) in [5.74, 6) is 0.534. The number of rotatable bonds is 4. The van der Waals surface area contributed by atoms with E-state index in [9.17, 15) is 9.59 Å². The highest BCUT2D eigenvalue weighted by molar-refractivity contribution is 7.17. The molecule has 1 aromatic carbocycles. The minimum absolute atomic E-state index is 0.0711. The van der Waals surface area contributed by atoms with Gasteiger partial charge in [0.2, 0.25) is 5.91 Å². The van der Waals surface area contributed by atoms with Gasteiger partial charge in [0.1, 0.15) is 17.9 Å². The van der Waals surface area contributed by atoms with E-state index in [0.29, 0.717) is 17.9 Å². The fraction of sp³-hybridized carbons (Fsp3) is 0.211. The van der Waals surface area contributed by atoms with Gasteiger partial charge in [-0.05, 0) is 30.0 Å². The lowest BCUT2D eigenvalue weighted by Crippen LogP contribution is -2.35. The number of carbonyl (C=O) groups is 1. The Kier molecular flexibility index (Phi) is 4.08. The molecule has 0 fully saturated rings. The SMILES string of the molecule is Cc1nn(CC(=O)N(C)Cc2ccccc2)c(=O)c2cc3sccc3n12. The van der Waals surface area contributed by atoms with Crippen molar-refractivity contribution in [3.63, 3.8) is 0 Å². The largest absolute Gasteiger partial charge is 0.340 e. The molecule has 0 spiro atoms. The number of likely N-dealkylation sites (N-methyl/N-ethyl adjacent to an activating group) is 1. The van der Waals surface area contributed by atoms with Crippen LogP contribution in [-0.2, 0) is 17.9 Å². The van der Waals surface area contributed by atoms with Crippen LogP contribution in [0.2, 0.25) is 0 Å². The molecule has 6 nitrogen and oxygen atoms in total. The highest BCUT2D eigenvalue weighted by Gasteiger charge is 2.16. The van der Waals surface area contributed by atoms with Crippen molar-refractivity contribution in [2.75, 3.05) is 7.05 Å². The highest BCUT2D eigenvalue weighted by atomic mass is 32.1. The van der Waals surface area contributed by atoms with Crippen LogP contribution in [0.1, 0.15) is 11.4 Å². The van der Waals surface area contributed by atoms with Crippen molar-refractivity contribution in [3.05, 3.63) is 69.6 Å². The molecule has 0 aliphatic carbocycles. The van der Waals surface area contributed by atoms with Crippen LogP contribution in [0.15, 0.2) is 52.6 Å². The van der Waals surface area contributed by atoms with Crippen molar-refractivity contribution in [3.8, 4) is 0 Å². The molecule has 0 bridgehead atoms. The summed E-state index contributed by atoms with van der Waals surface area (Å²) in [5, 5.41) is 6.35. The molecular formula is C19H18N4O2S. The van der Waals surface area contributed by atoms with Crippen LogP contribution in [0.5, 0.6) is 0 Å². The Labute approximate surface area is 153 Å². The van der Waals surface area contributed by atoms with Gasteiger partial charge in [0.15, 0.2) is 0 Å². The molecule has 0 radical (unpaired) electrons. The minimum Gasteiger partial charge on any atom is -0.340 e. The fourth-order valence-electron chi connectivity index (χ4n) is 3.13. The van der Waals surface area contributed by atoms with Gasteiger partial charge in [-0.25, -0.2) is 4.68 Å². The zero-order valence-corrected chi connectivity index (χ0v) is 15.4. The van der Waals surface area contributed by atoms with Gasteiger partial charge in [0.05, 0.1) is 10.2 Å². The Hall–Kier alpha value is -2.93. The lowest BCUT2D eigenvalue weighted by Gasteiger charge is -2.18. The quantitative estimate of drug-likeness (QED) is 0.558. The number of hydrogen-bond acceptors (Lipinski definition) is 4. The van der Waals surface area contributed by atoms with E-state index in [2.05, 4.69) is 5.10 Å². The molecule has 0 unspecified atom stereocenters. The Morgan fingerprint density at radius 3 is 2.73 bits per heavy atom. The van der Waals surface area contributed by atoms with Crippen LogP contribution < -0.4 is 5.56 Å². The molecule has 7 heteroatoms. The van der Waals surface area contributed by atoms with E-state index < -0.39 is 0 Å². The van der Waals surface area contributed by atoms with E-state index in [1.165, 1.54) is 4.68 Å². The molecule has 3 aromatic heterocycles. The number of fused-ring (bicyclic) bond motifs is 3. The number of hydrogen-bond donors (Lipinski definition) is 0. The second-order valence-electron chi connectivity index (χ2n) is 6.28. The Morgan fingerprint density at radius 1 is 1.19 bits per heavy atom. The van der Waals surface area contributed by atoms with Crippen molar-refractivity contribution in [2.24, 2.45) is 0 Å². The van der Waals surface area contributed by atoms with Gasteiger partial charge in [-0.2, -0.15) is 5.10 Å². The maximum absolute atomic E-state index is 12.8. The third kappa shape index (κ3) is 2.80. The van der Waals surface area contributed by atoms with E-state index in [1.807, 2.05) is 59.2 Å². The van der Waals surface area contributed by atoms with Gasteiger partial charge in [-0.3, -0.25) is 14.0 Å². The van der Waals surface area contributed by atoms with Crippen LogP contribution in [-0.4, -0.2) is 32.0 Å². The second-order valence-corrected chi connectivity index (χ2v) is 7.23. The van der Waals surface area contributed by atoms with Crippen LogP contribution in [0, 0.1) is 6.92 Å². The van der Waals surface area contributed by atoms with Crippen molar-refractivity contribution in [1.82, 2.24) is 19.1 Å². The molecule has 0 saturated heterocycles. The van der Waals surface area contributed by atoms with Crippen LogP contribution in [0.25, 0.3) is 15.7 Å². The van der Waals surface area contributed by atoms with Crippen LogP contribution in [0.3, 0.4) is 0 Å². The topological polar surface area (TPSA) is 59.6 Å². The smallest absolute Gasteiger partial charge is 0.291 e. The number of aromatic nitrogens is 3. The highest BCUT2D eigenvalue weighted by Crippen LogP contribution is 2.24. The normalized spacial score (nSPS) is 11.3. The lowest BCUT2D eigenvalue weighted by atomic mass is 10.2. The first-order chi connectivity index (χ1) is 12.5. The summed E-state index contributed by atoms with van der Waals surface area (Å²) in [4.78, 5) is 26.9. The number of benzene rings is 1. The van der Waals surface area contributed by atoms with Crippen LogP contribution >= 0.6 is 11.3 Å². The van der Waals surface area contributed by atoms with E-state index >= 15 is 0 Å². The molecule has 0 N–H and O–H groups in total. The summed E-state index contributed by atoms with van der Waals surface area (Å²) in [7, 11) is 1.74. The number of amides is 1. The maximum atomic E-state index is 12.8. The summed E-state index contributed by atoms with van der Waals surface area (Å²) in [6.07, 6.45) is 0. The molecule has 0 atom stereocenters. The predicted octanol–water partition coefficient (Wildman–Crippen LogP) is 2.68. The molecule has 1 amide bonds. The molecule has 0 aliphatic heterocycles. The molecule has 0 saturated carbocycles. The van der Waals surface area contributed by atoms with Gasteiger partial charge in [0, 0.05) is 13.6 Å². The first kappa shape index (κ1) is 16.5. The van der Waals surface area contributed by atoms with Crippen molar-refractivity contribution < 1.29 is 4.79 Å². The number of nitrogens with zero attached hydrogens (tertiary/aromatic N) is 4. The summed E-state index contributed by atoms with van der Waals surface area (Å²) in [6, 6.07) is 13.6. The number of thiophene rings is 1. The second kappa shape index (κ2) is 6.42. The summed E-state index contributed by atoms with van der Waals surface area (Å²) >= 11 is 1.58. The Bertz CT molecular complexity index is 1160. The molecule has 4 rings (SSSR count). The first-order valence-corrected chi connectivity index (χ1v) is 9.17. The average Bonchev–Trinajstić information content (AvgIpc) is 3.21. The number of aryl methyl sites for hydroxylation is 1. The molecule has 132 valence electrons. The Balaban J connectivity index is 1.63. The van der Waals surface area contributed by atoms with E-state index in [0.717, 1.165) is 15.8 Å². The van der Waals surface area contributed by atoms with E-state index in [1.54, 1.807) is 23.3 Å². The zero-order chi connectivity index (χ0) is 18.3. The fourth-order valence-corrected chi connectivity index (χ4v) is 3.93. The van der Waals surface area contributed by atoms with E-state index in [4.69, 9.17) is 0 Å². The van der Waals surface area contributed by atoms with Gasteiger partial charge in [-0.1, -0.05) is 30.3 Å². The Morgan fingerprint density at radius 2 is 1.96 bits per heavy atom. The van der Waals surface area contributed by atoms with Crippen LogP contribution in [0.4, 0.5) is 0 Å². The van der Waals surface area contributed by atoms with E-state index in [-0.39, 0.29) is 18.0 Å². The van der Waals surface area contributed by atoms with Gasteiger partial charge in [0.25, 0.3) is 5.56 Å². The molecular weight excluding hydrogens is 348 g/mol. The molecule has 0 aliphatic rings. The average molecular weight is 366 g/mol. The minimum atomic E-state index is -0.250. The molecule has 26 heavy (non-hydrogen) atoms. The lowest BCUT2D eigenvalue weighted by molar-refractivity contribution is -0.131. The number of carbonyl (C=O) groups excluding carboxylic acids is 1. The predicted molar refractivity (Wildman–Crippen MR) is 102 cm³/mol. The van der Waals surface area contributed by atoms with Crippen molar-refractivity contribution in [1.29, 1.82) is 0 Å². The van der Waals surface area contributed by atoms with Gasteiger partial charge >= 0.3 is 0 Å². The zero-order valence-electron chi connectivity index (χ0n) is 14.5. The maximum Gasteiger partial charge on any atom is 0.291 e. The first-order valence-electron chi connectivity index (χ1n) is 8.29. The third-order valence-corrected chi connectivity index (χ3v) is 5.29.